The largest absolute Gasteiger partial charge is 0.506 e. The first-order valence-electron chi connectivity index (χ1n) is 3.49. The van der Waals surface area contributed by atoms with E-state index in [0.717, 1.165) is 6.08 Å². The lowest BCUT2D eigenvalue weighted by molar-refractivity contribution is -0.131. The van der Waals surface area contributed by atoms with E-state index in [1.54, 1.807) is 6.07 Å². The molecule has 0 spiro atoms. The second-order valence-electron chi connectivity index (χ2n) is 2.38. The number of phenolic OH excluding ortho intramolecular Hbond substituents is 1. The Morgan fingerprint density at radius 3 is 2.69 bits per heavy atom. The number of carbonyl (C=O) groups is 1. The van der Waals surface area contributed by atoms with E-state index in [0.29, 0.717) is 5.56 Å². The first kappa shape index (κ1) is 9.61. The van der Waals surface area contributed by atoms with Crippen molar-refractivity contribution >= 4 is 23.6 Å². The van der Waals surface area contributed by atoms with Gasteiger partial charge in [-0.25, -0.2) is 4.79 Å². The zero-order valence-electron chi connectivity index (χ0n) is 6.57. The molecule has 0 unspecified atom stereocenters. The second kappa shape index (κ2) is 3.96. The highest BCUT2D eigenvalue weighted by molar-refractivity contribution is 6.32. The zero-order chi connectivity index (χ0) is 9.84. The molecule has 1 aromatic rings. The van der Waals surface area contributed by atoms with Crippen molar-refractivity contribution in [1.82, 2.24) is 0 Å². The maximum absolute atomic E-state index is 10.2. The van der Waals surface area contributed by atoms with Crippen LogP contribution in [0.25, 0.3) is 6.08 Å². The normalized spacial score (nSPS) is 10.5. The monoisotopic (exact) mass is 198 g/mol. The van der Waals surface area contributed by atoms with Crippen LogP contribution in [0.15, 0.2) is 24.3 Å². The van der Waals surface area contributed by atoms with Gasteiger partial charge in [0.25, 0.3) is 0 Å². The maximum Gasteiger partial charge on any atom is 0.328 e. The quantitative estimate of drug-likeness (QED) is 0.716. The average Bonchev–Trinajstić information content (AvgIpc) is 2.07. The Balaban J connectivity index is 2.92. The van der Waals surface area contributed by atoms with Crippen molar-refractivity contribution in [3.63, 3.8) is 0 Å². The van der Waals surface area contributed by atoms with Crippen molar-refractivity contribution < 1.29 is 15.0 Å². The molecule has 3 nitrogen and oxygen atoms in total. The molecule has 0 heterocycles. The van der Waals surface area contributed by atoms with Crippen LogP contribution in [-0.4, -0.2) is 16.2 Å². The molecule has 0 radical (unpaired) electrons. The highest BCUT2D eigenvalue weighted by atomic mass is 35.5. The van der Waals surface area contributed by atoms with Gasteiger partial charge >= 0.3 is 5.97 Å². The van der Waals surface area contributed by atoms with E-state index in [2.05, 4.69) is 0 Å². The fraction of sp³-hybridized carbons (Fsp3) is 0. The number of carboxylic acids is 1. The van der Waals surface area contributed by atoms with Crippen LogP contribution in [-0.2, 0) is 4.79 Å². The Bertz CT molecular complexity index is 358. The van der Waals surface area contributed by atoms with Gasteiger partial charge in [-0.2, -0.15) is 0 Å². The molecule has 0 amide bonds. The molecule has 0 aliphatic heterocycles. The van der Waals surface area contributed by atoms with Crippen molar-refractivity contribution in [1.29, 1.82) is 0 Å². The van der Waals surface area contributed by atoms with Crippen LogP contribution in [0.4, 0.5) is 0 Å². The molecule has 13 heavy (non-hydrogen) atoms. The van der Waals surface area contributed by atoms with E-state index in [4.69, 9.17) is 21.8 Å². The molecule has 68 valence electrons. The van der Waals surface area contributed by atoms with Crippen LogP contribution in [0, 0.1) is 0 Å². The number of aromatic hydroxyl groups is 1. The van der Waals surface area contributed by atoms with Gasteiger partial charge in [-0.05, 0) is 23.8 Å². The molecule has 0 saturated heterocycles. The van der Waals surface area contributed by atoms with Crippen molar-refractivity contribution in [3.8, 4) is 5.75 Å². The highest BCUT2D eigenvalue weighted by Gasteiger charge is 1.97. The minimum Gasteiger partial charge on any atom is -0.506 e. The maximum atomic E-state index is 10.2. The van der Waals surface area contributed by atoms with Crippen molar-refractivity contribution in [3.05, 3.63) is 34.9 Å². The van der Waals surface area contributed by atoms with Crippen LogP contribution in [0.1, 0.15) is 5.56 Å². The lowest BCUT2D eigenvalue weighted by Gasteiger charge is -1.96. The third-order valence-electron chi connectivity index (χ3n) is 1.39. The molecule has 2 N–H and O–H groups in total. The van der Waals surface area contributed by atoms with E-state index in [9.17, 15) is 4.79 Å². The average molecular weight is 199 g/mol. The van der Waals surface area contributed by atoms with Crippen molar-refractivity contribution in [2.45, 2.75) is 0 Å². The van der Waals surface area contributed by atoms with E-state index >= 15 is 0 Å². The number of phenols is 1. The third-order valence-corrected chi connectivity index (χ3v) is 1.69. The predicted octanol–water partition coefficient (Wildman–Crippen LogP) is 2.14. The van der Waals surface area contributed by atoms with Crippen LogP contribution >= 0.6 is 11.6 Å². The number of carboxylic acid groups (broad SMARTS) is 1. The molecule has 0 fully saturated rings. The summed E-state index contributed by atoms with van der Waals surface area (Å²) < 4.78 is 0. The number of aliphatic carboxylic acids is 1. The summed E-state index contributed by atoms with van der Waals surface area (Å²) in [5.74, 6) is -1.04. The van der Waals surface area contributed by atoms with Crippen LogP contribution in [0.2, 0.25) is 5.02 Å². The van der Waals surface area contributed by atoms with Crippen molar-refractivity contribution in [2.24, 2.45) is 0 Å². The molecule has 0 aromatic heterocycles. The molecular formula is C9H7ClO3. The molecular weight excluding hydrogens is 192 g/mol. The Morgan fingerprint density at radius 1 is 1.46 bits per heavy atom. The lowest BCUT2D eigenvalue weighted by atomic mass is 10.2. The van der Waals surface area contributed by atoms with Gasteiger partial charge < -0.3 is 10.2 Å². The van der Waals surface area contributed by atoms with E-state index in [1.165, 1.54) is 18.2 Å². The standard InChI is InChI=1S/C9H7ClO3/c10-7-5-6(1-3-8(7)11)2-4-9(12)13/h1-5,11H,(H,12,13)/b4-2+. The summed E-state index contributed by atoms with van der Waals surface area (Å²) >= 11 is 5.60. The molecule has 1 aromatic carbocycles. The number of benzene rings is 1. The van der Waals surface area contributed by atoms with Gasteiger partial charge in [0.2, 0.25) is 0 Å². The minimum absolute atomic E-state index is 0.0193. The topological polar surface area (TPSA) is 57.5 Å². The summed E-state index contributed by atoms with van der Waals surface area (Å²) in [5.41, 5.74) is 0.630. The van der Waals surface area contributed by atoms with Gasteiger partial charge in [-0.3, -0.25) is 0 Å². The van der Waals surface area contributed by atoms with Gasteiger partial charge in [0, 0.05) is 6.08 Å². The summed E-state index contributed by atoms with van der Waals surface area (Å²) in [7, 11) is 0. The Morgan fingerprint density at radius 2 is 2.15 bits per heavy atom. The molecule has 1 rings (SSSR count). The number of halogens is 1. The fourth-order valence-electron chi connectivity index (χ4n) is 0.794. The molecule has 0 aliphatic carbocycles. The SMILES string of the molecule is O=C(O)/C=C/c1ccc(O)c(Cl)c1. The highest BCUT2D eigenvalue weighted by Crippen LogP contribution is 2.23. The fourth-order valence-corrected chi connectivity index (χ4v) is 0.983. The smallest absolute Gasteiger partial charge is 0.328 e. The summed E-state index contributed by atoms with van der Waals surface area (Å²) in [4.78, 5) is 10.2. The predicted molar refractivity (Wildman–Crippen MR) is 49.8 cm³/mol. The Hall–Kier alpha value is -1.48. The Labute approximate surface area is 79.9 Å². The van der Waals surface area contributed by atoms with E-state index in [1.807, 2.05) is 0 Å². The van der Waals surface area contributed by atoms with E-state index in [-0.39, 0.29) is 10.8 Å². The van der Waals surface area contributed by atoms with Crippen LogP contribution in [0.3, 0.4) is 0 Å². The second-order valence-corrected chi connectivity index (χ2v) is 2.79. The minimum atomic E-state index is -1.02. The first-order valence-corrected chi connectivity index (χ1v) is 3.87. The van der Waals surface area contributed by atoms with Gasteiger partial charge in [0.15, 0.2) is 0 Å². The van der Waals surface area contributed by atoms with Crippen LogP contribution < -0.4 is 0 Å². The number of hydrogen-bond donors (Lipinski definition) is 2. The summed E-state index contributed by atoms with van der Waals surface area (Å²) in [6.07, 6.45) is 2.40. The van der Waals surface area contributed by atoms with Crippen molar-refractivity contribution in [2.75, 3.05) is 0 Å². The number of hydrogen-bond acceptors (Lipinski definition) is 2. The van der Waals surface area contributed by atoms with Gasteiger partial charge in [0.05, 0.1) is 5.02 Å². The van der Waals surface area contributed by atoms with Crippen LogP contribution in [0.5, 0.6) is 5.75 Å². The van der Waals surface area contributed by atoms with Gasteiger partial charge in [0.1, 0.15) is 5.75 Å². The molecule has 4 heteroatoms. The third kappa shape index (κ3) is 2.80. The molecule has 0 atom stereocenters. The Kier molecular flexibility index (Phi) is 2.93. The summed E-state index contributed by atoms with van der Waals surface area (Å²) in [6, 6.07) is 4.46. The molecule has 0 saturated carbocycles. The summed E-state index contributed by atoms with van der Waals surface area (Å²) in [5, 5.41) is 17.6. The first-order chi connectivity index (χ1) is 6.09. The zero-order valence-corrected chi connectivity index (χ0v) is 7.32. The van der Waals surface area contributed by atoms with E-state index < -0.39 is 5.97 Å². The molecule has 0 aliphatic rings. The molecule has 0 bridgehead atoms. The lowest BCUT2D eigenvalue weighted by Crippen LogP contribution is -1.85. The van der Waals surface area contributed by atoms with Gasteiger partial charge in [-0.15, -0.1) is 0 Å². The van der Waals surface area contributed by atoms with Gasteiger partial charge in [-0.1, -0.05) is 17.7 Å². The number of rotatable bonds is 2. The summed E-state index contributed by atoms with van der Waals surface area (Å²) in [6.45, 7) is 0.